The summed E-state index contributed by atoms with van der Waals surface area (Å²) in [5.41, 5.74) is 2.98. The van der Waals surface area contributed by atoms with Gasteiger partial charge < -0.3 is 10.2 Å². The number of aryl methyl sites for hydroxylation is 1. The molecule has 1 fully saturated rings. The normalized spacial score (nSPS) is 18.6. The van der Waals surface area contributed by atoms with E-state index in [9.17, 15) is 0 Å². The second-order valence-corrected chi connectivity index (χ2v) is 6.10. The van der Waals surface area contributed by atoms with Gasteiger partial charge in [0.2, 0.25) is 0 Å². The van der Waals surface area contributed by atoms with Crippen LogP contribution in [0.4, 0.5) is 5.82 Å². The van der Waals surface area contributed by atoms with Crippen LogP contribution in [0.2, 0.25) is 0 Å². The number of aromatic nitrogens is 1. The maximum Gasteiger partial charge on any atom is 0.128 e. The molecule has 1 aromatic heterocycles. The highest BCUT2D eigenvalue weighted by atomic mass is 15.2. The molecule has 3 heteroatoms. The molecule has 2 heterocycles. The number of hydrogen-bond donors (Lipinski definition) is 1. The predicted molar refractivity (Wildman–Crippen MR) is 81.6 cm³/mol. The summed E-state index contributed by atoms with van der Waals surface area (Å²) in [5.74, 6) is 1.15. The standard InChI is InChI=1S/C16H27N3/c1-5-16(3)8-10-19(11-9-16)15-7-6-14(12-17-4)13(2)18-15/h6-7,17H,5,8-12H2,1-4H3. The molecule has 0 unspecified atom stereocenters. The van der Waals surface area contributed by atoms with Gasteiger partial charge in [0.15, 0.2) is 0 Å². The lowest BCUT2D eigenvalue weighted by Crippen LogP contribution is -2.38. The third-order valence-corrected chi connectivity index (χ3v) is 4.70. The van der Waals surface area contributed by atoms with Crippen molar-refractivity contribution in [1.82, 2.24) is 10.3 Å². The van der Waals surface area contributed by atoms with Crippen molar-refractivity contribution >= 4 is 5.82 Å². The highest BCUT2D eigenvalue weighted by Crippen LogP contribution is 2.35. The molecule has 2 rings (SSSR count). The van der Waals surface area contributed by atoms with Gasteiger partial charge in [-0.05, 0) is 43.9 Å². The maximum absolute atomic E-state index is 4.77. The monoisotopic (exact) mass is 261 g/mol. The molecular weight excluding hydrogens is 234 g/mol. The number of nitrogens with zero attached hydrogens (tertiary/aromatic N) is 2. The van der Waals surface area contributed by atoms with Gasteiger partial charge in [-0.1, -0.05) is 26.3 Å². The van der Waals surface area contributed by atoms with Crippen LogP contribution in [-0.2, 0) is 6.54 Å². The van der Waals surface area contributed by atoms with E-state index < -0.39 is 0 Å². The summed E-state index contributed by atoms with van der Waals surface area (Å²) in [5, 5.41) is 3.19. The summed E-state index contributed by atoms with van der Waals surface area (Å²) in [4.78, 5) is 7.21. The van der Waals surface area contributed by atoms with Crippen molar-refractivity contribution in [3.05, 3.63) is 23.4 Å². The molecule has 1 N–H and O–H groups in total. The van der Waals surface area contributed by atoms with E-state index in [1.54, 1.807) is 0 Å². The first-order valence-electron chi connectivity index (χ1n) is 7.44. The third kappa shape index (κ3) is 3.27. The highest BCUT2D eigenvalue weighted by molar-refractivity contribution is 5.42. The smallest absolute Gasteiger partial charge is 0.128 e. The van der Waals surface area contributed by atoms with E-state index in [-0.39, 0.29) is 0 Å². The minimum Gasteiger partial charge on any atom is -0.357 e. The zero-order chi connectivity index (χ0) is 13.9. The molecule has 0 amide bonds. The Bertz CT molecular complexity index is 420. The Balaban J connectivity index is 2.06. The van der Waals surface area contributed by atoms with Crippen LogP contribution in [-0.4, -0.2) is 25.1 Å². The van der Waals surface area contributed by atoms with E-state index >= 15 is 0 Å². The number of hydrogen-bond acceptors (Lipinski definition) is 3. The van der Waals surface area contributed by atoms with Crippen LogP contribution >= 0.6 is 0 Å². The van der Waals surface area contributed by atoms with Crippen LogP contribution in [0, 0.1) is 12.3 Å². The Morgan fingerprint density at radius 2 is 2.00 bits per heavy atom. The van der Waals surface area contributed by atoms with E-state index in [1.165, 1.54) is 24.8 Å². The topological polar surface area (TPSA) is 28.2 Å². The fraction of sp³-hybridized carbons (Fsp3) is 0.688. The minimum atomic E-state index is 0.539. The van der Waals surface area contributed by atoms with Gasteiger partial charge in [0.1, 0.15) is 5.82 Å². The summed E-state index contributed by atoms with van der Waals surface area (Å²) in [6.45, 7) is 10.0. The molecule has 0 bridgehead atoms. The Hall–Kier alpha value is -1.09. The van der Waals surface area contributed by atoms with Crippen LogP contribution in [0.25, 0.3) is 0 Å². The van der Waals surface area contributed by atoms with Gasteiger partial charge in [-0.2, -0.15) is 0 Å². The zero-order valence-electron chi connectivity index (χ0n) is 12.8. The quantitative estimate of drug-likeness (QED) is 0.902. The molecule has 0 aromatic carbocycles. The molecule has 0 atom stereocenters. The molecule has 106 valence electrons. The summed E-state index contributed by atoms with van der Waals surface area (Å²) in [6.07, 6.45) is 3.85. The number of rotatable bonds is 4. The summed E-state index contributed by atoms with van der Waals surface area (Å²) in [7, 11) is 1.98. The molecule has 1 aliphatic heterocycles. The van der Waals surface area contributed by atoms with Crippen LogP contribution in [0.1, 0.15) is 44.4 Å². The van der Waals surface area contributed by atoms with E-state index in [0.29, 0.717) is 5.41 Å². The number of piperidine rings is 1. The molecule has 19 heavy (non-hydrogen) atoms. The summed E-state index contributed by atoms with van der Waals surface area (Å²) < 4.78 is 0. The fourth-order valence-corrected chi connectivity index (χ4v) is 2.76. The molecule has 0 aliphatic carbocycles. The number of pyridine rings is 1. The molecule has 1 aromatic rings. The summed E-state index contributed by atoms with van der Waals surface area (Å²) in [6, 6.07) is 4.38. The first-order chi connectivity index (χ1) is 9.08. The first kappa shape index (κ1) is 14.3. The average molecular weight is 261 g/mol. The average Bonchev–Trinajstić information content (AvgIpc) is 2.42. The van der Waals surface area contributed by atoms with Gasteiger partial charge in [0, 0.05) is 25.3 Å². The van der Waals surface area contributed by atoms with E-state index in [4.69, 9.17) is 4.98 Å². The van der Waals surface area contributed by atoms with E-state index in [1.807, 2.05) is 7.05 Å². The molecule has 1 saturated heterocycles. The Kier molecular flexibility index (Phi) is 4.46. The Morgan fingerprint density at radius 3 is 2.53 bits per heavy atom. The van der Waals surface area contributed by atoms with Crippen molar-refractivity contribution < 1.29 is 0 Å². The van der Waals surface area contributed by atoms with Crippen molar-refractivity contribution in [2.45, 2.75) is 46.6 Å². The molecular formula is C16H27N3. The van der Waals surface area contributed by atoms with Crippen molar-refractivity contribution in [3.8, 4) is 0 Å². The molecule has 3 nitrogen and oxygen atoms in total. The van der Waals surface area contributed by atoms with Crippen molar-refractivity contribution in [3.63, 3.8) is 0 Å². The van der Waals surface area contributed by atoms with Crippen molar-refractivity contribution in [2.24, 2.45) is 5.41 Å². The second-order valence-electron chi connectivity index (χ2n) is 6.10. The lowest BCUT2D eigenvalue weighted by atomic mass is 9.78. The fourth-order valence-electron chi connectivity index (χ4n) is 2.76. The SMILES string of the molecule is CCC1(C)CCN(c2ccc(CNC)c(C)n2)CC1. The number of nitrogens with one attached hydrogen (secondary N) is 1. The maximum atomic E-state index is 4.77. The van der Waals surface area contributed by atoms with Gasteiger partial charge in [-0.15, -0.1) is 0 Å². The Labute approximate surface area is 117 Å². The van der Waals surface area contributed by atoms with Gasteiger partial charge in [-0.25, -0.2) is 4.98 Å². The van der Waals surface area contributed by atoms with Gasteiger partial charge >= 0.3 is 0 Å². The molecule has 0 spiro atoms. The first-order valence-corrected chi connectivity index (χ1v) is 7.44. The van der Waals surface area contributed by atoms with E-state index in [2.05, 4.69) is 43.1 Å². The number of anilines is 1. The molecule has 0 radical (unpaired) electrons. The largest absolute Gasteiger partial charge is 0.357 e. The van der Waals surface area contributed by atoms with Crippen molar-refractivity contribution in [1.29, 1.82) is 0 Å². The van der Waals surface area contributed by atoms with Crippen LogP contribution < -0.4 is 10.2 Å². The Morgan fingerprint density at radius 1 is 1.32 bits per heavy atom. The van der Waals surface area contributed by atoms with Crippen LogP contribution in [0.5, 0.6) is 0 Å². The van der Waals surface area contributed by atoms with Crippen LogP contribution in [0.15, 0.2) is 12.1 Å². The molecule has 1 aliphatic rings. The lowest BCUT2D eigenvalue weighted by molar-refractivity contribution is 0.238. The molecule has 0 saturated carbocycles. The van der Waals surface area contributed by atoms with Gasteiger partial charge in [0.05, 0.1) is 0 Å². The van der Waals surface area contributed by atoms with Gasteiger partial charge in [-0.3, -0.25) is 0 Å². The van der Waals surface area contributed by atoms with Crippen molar-refractivity contribution in [2.75, 3.05) is 25.0 Å². The highest BCUT2D eigenvalue weighted by Gasteiger charge is 2.28. The summed E-state index contributed by atoms with van der Waals surface area (Å²) >= 11 is 0. The third-order valence-electron chi connectivity index (χ3n) is 4.70. The zero-order valence-corrected chi connectivity index (χ0v) is 12.8. The lowest BCUT2D eigenvalue weighted by Gasteiger charge is -2.39. The van der Waals surface area contributed by atoms with E-state index in [0.717, 1.165) is 31.1 Å². The van der Waals surface area contributed by atoms with Crippen LogP contribution in [0.3, 0.4) is 0 Å². The second kappa shape index (κ2) is 5.91. The minimum absolute atomic E-state index is 0.539. The van der Waals surface area contributed by atoms with Gasteiger partial charge in [0.25, 0.3) is 0 Å². The predicted octanol–water partition coefficient (Wildman–Crippen LogP) is 3.13.